The van der Waals surface area contributed by atoms with Crippen LogP contribution < -0.4 is 4.74 Å². The van der Waals surface area contributed by atoms with Gasteiger partial charge in [-0.3, -0.25) is 9.78 Å². The number of carbonyl (C=O) groups is 1. The van der Waals surface area contributed by atoms with Gasteiger partial charge in [-0.25, -0.2) is 0 Å². The third-order valence-corrected chi connectivity index (χ3v) is 3.57. The van der Waals surface area contributed by atoms with E-state index in [1.165, 1.54) is 18.4 Å². The van der Waals surface area contributed by atoms with Gasteiger partial charge in [0.25, 0.3) is 0 Å². The van der Waals surface area contributed by atoms with Crippen molar-refractivity contribution in [3.63, 3.8) is 0 Å². The zero-order valence-electron chi connectivity index (χ0n) is 11.5. The van der Waals surface area contributed by atoms with Crippen LogP contribution in [0, 0.1) is 0 Å². The Morgan fingerprint density at radius 1 is 1.35 bits per heavy atom. The van der Waals surface area contributed by atoms with Gasteiger partial charge < -0.3 is 4.74 Å². The number of carbonyl (C=O) groups excluding carboxylic acids is 1. The topological polar surface area (TPSA) is 39.2 Å². The summed E-state index contributed by atoms with van der Waals surface area (Å²) in [4.78, 5) is 15.7. The molecule has 0 amide bonds. The number of ether oxygens (including phenoxy) is 1. The van der Waals surface area contributed by atoms with Gasteiger partial charge in [0.2, 0.25) is 0 Å². The van der Waals surface area contributed by atoms with Gasteiger partial charge in [0.15, 0.2) is 6.29 Å². The summed E-state index contributed by atoms with van der Waals surface area (Å²) >= 11 is 0. The van der Waals surface area contributed by atoms with Gasteiger partial charge >= 0.3 is 0 Å². The lowest BCUT2D eigenvalue weighted by Crippen LogP contribution is -2.00. The van der Waals surface area contributed by atoms with Crippen molar-refractivity contribution in [3.05, 3.63) is 47.7 Å². The van der Waals surface area contributed by atoms with E-state index in [2.05, 4.69) is 4.98 Å². The number of pyridine rings is 1. The van der Waals surface area contributed by atoms with Crippen molar-refractivity contribution < 1.29 is 9.53 Å². The molecule has 3 nitrogen and oxygen atoms in total. The van der Waals surface area contributed by atoms with Gasteiger partial charge in [0, 0.05) is 11.8 Å². The third kappa shape index (κ3) is 2.44. The second-order valence-corrected chi connectivity index (χ2v) is 5.02. The summed E-state index contributed by atoms with van der Waals surface area (Å²) < 4.78 is 5.59. The maximum Gasteiger partial charge on any atom is 0.153 e. The molecule has 1 aromatic heterocycles. The first-order valence-corrected chi connectivity index (χ1v) is 7.00. The zero-order chi connectivity index (χ0) is 13.9. The number of hydrogen-bond acceptors (Lipinski definition) is 3. The molecule has 3 heteroatoms. The third-order valence-electron chi connectivity index (χ3n) is 3.57. The second-order valence-electron chi connectivity index (χ2n) is 5.02. The number of rotatable bonds is 5. The highest BCUT2D eigenvalue weighted by Gasteiger charge is 2.28. The van der Waals surface area contributed by atoms with Crippen molar-refractivity contribution in [2.45, 2.75) is 25.7 Å². The highest BCUT2D eigenvalue weighted by atomic mass is 16.5. The molecule has 0 atom stereocenters. The molecular weight excluding hydrogens is 250 g/mol. The molecule has 0 saturated heterocycles. The van der Waals surface area contributed by atoms with Crippen molar-refractivity contribution in [1.82, 2.24) is 4.98 Å². The van der Waals surface area contributed by atoms with Crippen LogP contribution in [0.2, 0.25) is 0 Å². The summed E-state index contributed by atoms with van der Waals surface area (Å²) in [6.45, 7) is 2.47. The highest BCUT2D eigenvalue weighted by molar-refractivity contribution is 5.83. The molecule has 1 saturated carbocycles. The molecule has 102 valence electrons. The Bertz CT molecular complexity index is 618. The predicted molar refractivity (Wildman–Crippen MR) is 78.2 cm³/mol. The Morgan fingerprint density at radius 3 is 2.80 bits per heavy atom. The van der Waals surface area contributed by atoms with Gasteiger partial charge in [-0.2, -0.15) is 0 Å². The Labute approximate surface area is 118 Å². The minimum Gasteiger partial charge on any atom is -0.493 e. The van der Waals surface area contributed by atoms with Crippen LogP contribution in [0.25, 0.3) is 11.3 Å². The van der Waals surface area contributed by atoms with Crippen molar-refractivity contribution in [1.29, 1.82) is 0 Å². The SMILES string of the molecule is CCOc1cc(-c2ccccn2)c(C2CC2)cc1C=O. The molecule has 0 unspecified atom stereocenters. The van der Waals surface area contributed by atoms with Crippen LogP contribution in [0.5, 0.6) is 5.75 Å². The van der Waals surface area contributed by atoms with Crippen LogP contribution in [0.15, 0.2) is 36.5 Å². The van der Waals surface area contributed by atoms with E-state index in [0.29, 0.717) is 23.8 Å². The summed E-state index contributed by atoms with van der Waals surface area (Å²) in [5.41, 5.74) is 3.87. The molecular formula is C17H17NO2. The van der Waals surface area contributed by atoms with Gasteiger partial charge in [-0.05, 0) is 55.5 Å². The summed E-state index contributed by atoms with van der Waals surface area (Å²) in [7, 11) is 0. The van der Waals surface area contributed by atoms with Crippen molar-refractivity contribution in [2.75, 3.05) is 6.61 Å². The van der Waals surface area contributed by atoms with Crippen molar-refractivity contribution in [3.8, 4) is 17.0 Å². The molecule has 1 fully saturated rings. The van der Waals surface area contributed by atoms with Crippen LogP contribution in [-0.4, -0.2) is 17.9 Å². The largest absolute Gasteiger partial charge is 0.493 e. The first-order valence-electron chi connectivity index (χ1n) is 7.00. The molecule has 3 rings (SSSR count). The molecule has 1 aliphatic rings. The van der Waals surface area contributed by atoms with Gasteiger partial charge in [0.05, 0.1) is 17.9 Å². The quantitative estimate of drug-likeness (QED) is 0.773. The molecule has 1 aliphatic carbocycles. The summed E-state index contributed by atoms with van der Waals surface area (Å²) in [6, 6.07) is 9.82. The van der Waals surface area contributed by atoms with Crippen LogP contribution in [0.4, 0.5) is 0 Å². The van der Waals surface area contributed by atoms with Crippen LogP contribution in [0.3, 0.4) is 0 Å². The molecule has 0 aliphatic heterocycles. The minimum atomic E-state index is 0.547. The van der Waals surface area contributed by atoms with Gasteiger partial charge in [-0.1, -0.05) is 6.07 Å². The number of aldehydes is 1. The van der Waals surface area contributed by atoms with E-state index in [1.807, 2.05) is 37.3 Å². The fraction of sp³-hybridized carbons (Fsp3) is 0.294. The highest BCUT2D eigenvalue weighted by Crippen LogP contribution is 2.45. The Balaban J connectivity index is 2.15. The Hall–Kier alpha value is -2.16. The average Bonchev–Trinajstić information content (AvgIpc) is 3.33. The minimum absolute atomic E-state index is 0.547. The normalized spacial score (nSPS) is 14.1. The smallest absolute Gasteiger partial charge is 0.153 e. The molecule has 0 N–H and O–H groups in total. The predicted octanol–water partition coefficient (Wildman–Crippen LogP) is 3.84. The first-order chi connectivity index (χ1) is 9.83. The lowest BCUT2D eigenvalue weighted by Gasteiger charge is -2.13. The molecule has 1 heterocycles. The van der Waals surface area contributed by atoms with Crippen LogP contribution >= 0.6 is 0 Å². The molecule has 0 radical (unpaired) electrons. The van der Waals surface area contributed by atoms with E-state index in [-0.39, 0.29) is 0 Å². The summed E-state index contributed by atoms with van der Waals surface area (Å²) in [6.07, 6.45) is 5.04. The number of aromatic nitrogens is 1. The molecule has 0 bridgehead atoms. The molecule has 2 aromatic rings. The lowest BCUT2D eigenvalue weighted by molar-refractivity contribution is 0.112. The van der Waals surface area contributed by atoms with E-state index in [9.17, 15) is 4.79 Å². The van der Waals surface area contributed by atoms with E-state index in [1.54, 1.807) is 6.20 Å². The van der Waals surface area contributed by atoms with E-state index in [0.717, 1.165) is 17.5 Å². The van der Waals surface area contributed by atoms with Crippen LogP contribution in [0.1, 0.15) is 41.6 Å². The van der Waals surface area contributed by atoms with Gasteiger partial charge in [-0.15, -0.1) is 0 Å². The molecule has 1 aromatic carbocycles. The first kappa shape index (κ1) is 12.9. The zero-order valence-corrected chi connectivity index (χ0v) is 11.5. The summed E-state index contributed by atoms with van der Waals surface area (Å²) in [5, 5.41) is 0. The van der Waals surface area contributed by atoms with Crippen molar-refractivity contribution >= 4 is 6.29 Å². The fourth-order valence-electron chi connectivity index (χ4n) is 2.46. The van der Waals surface area contributed by atoms with E-state index in [4.69, 9.17) is 4.74 Å². The number of benzene rings is 1. The summed E-state index contributed by atoms with van der Waals surface area (Å²) in [5.74, 6) is 1.20. The standard InChI is InChI=1S/C17H17NO2/c1-2-20-17-10-15(16-5-3-4-8-18-16)14(12-6-7-12)9-13(17)11-19/h3-5,8-12H,2,6-7H2,1H3. The Kier molecular flexibility index (Phi) is 3.50. The van der Waals surface area contributed by atoms with Crippen molar-refractivity contribution in [2.24, 2.45) is 0 Å². The number of hydrogen-bond donors (Lipinski definition) is 0. The molecule has 0 spiro atoms. The lowest BCUT2D eigenvalue weighted by atomic mass is 9.97. The Morgan fingerprint density at radius 2 is 2.20 bits per heavy atom. The van der Waals surface area contributed by atoms with E-state index >= 15 is 0 Å². The fourth-order valence-corrected chi connectivity index (χ4v) is 2.46. The second kappa shape index (κ2) is 5.45. The maximum absolute atomic E-state index is 11.2. The monoisotopic (exact) mass is 267 g/mol. The van der Waals surface area contributed by atoms with Gasteiger partial charge in [0.1, 0.15) is 5.75 Å². The van der Waals surface area contributed by atoms with E-state index < -0.39 is 0 Å². The average molecular weight is 267 g/mol. The maximum atomic E-state index is 11.2. The number of nitrogens with zero attached hydrogens (tertiary/aromatic N) is 1. The van der Waals surface area contributed by atoms with Crippen LogP contribution in [-0.2, 0) is 0 Å². The molecule has 20 heavy (non-hydrogen) atoms.